The van der Waals surface area contributed by atoms with E-state index in [1.807, 2.05) is 19.1 Å². The average molecular weight is 358 g/mol. The Morgan fingerprint density at radius 3 is 2.65 bits per heavy atom. The Bertz CT molecular complexity index is 720. The first-order chi connectivity index (χ1) is 12.5. The quantitative estimate of drug-likeness (QED) is 0.858. The zero-order valence-corrected chi connectivity index (χ0v) is 15.5. The van der Waals surface area contributed by atoms with Gasteiger partial charge in [-0.3, -0.25) is 5.10 Å². The van der Waals surface area contributed by atoms with Crippen LogP contribution in [-0.4, -0.2) is 58.9 Å². The van der Waals surface area contributed by atoms with Crippen molar-refractivity contribution < 1.29 is 9.53 Å². The SMILES string of the molecule is Cc1cc(N2CCN(C(=O)Nc3ccc(OCC(C)C)nc3)CC2)n[nH]1. The summed E-state index contributed by atoms with van der Waals surface area (Å²) in [5, 5.41) is 10.1. The molecule has 0 aromatic carbocycles. The van der Waals surface area contributed by atoms with E-state index in [9.17, 15) is 4.79 Å². The van der Waals surface area contributed by atoms with E-state index in [-0.39, 0.29) is 6.03 Å². The first kappa shape index (κ1) is 18.0. The Hall–Kier alpha value is -2.77. The molecule has 3 rings (SSSR count). The monoisotopic (exact) mass is 358 g/mol. The Morgan fingerprint density at radius 1 is 1.31 bits per heavy atom. The second kappa shape index (κ2) is 8.07. The third-order valence-electron chi connectivity index (χ3n) is 4.14. The smallest absolute Gasteiger partial charge is 0.322 e. The minimum absolute atomic E-state index is 0.111. The van der Waals surface area contributed by atoms with Crippen molar-refractivity contribution in [1.29, 1.82) is 0 Å². The number of anilines is 2. The topological polar surface area (TPSA) is 86.4 Å². The van der Waals surface area contributed by atoms with Gasteiger partial charge in [0.1, 0.15) is 0 Å². The number of aromatic amines is 1. The lowest BCUT2D eigenvalue weighted by Gasteiger charge is -2.34. The van der Waals surface area contributed by atoms with Gasteiger partial charge >= 0.3 is 6.03 Å². The Balaban J connectivity index is 1.48. The molecule has 3 heterocycles. The minimum atomic E-state index is -0.111. The summed E-state index contributed by atoms with van der Waals surface area (Å²) in [6, 6.07) is 5.49. The number of hydrogen-bond donors (Lipinski definition) is 2. The number of amides is 2. The van der Waals surface area contributed by atoms with E-state index in [4.69, 9.17) is 4.74 Å². The summed E-state index contributed by atoms with van der Waals surface area (Å²) >= 11 is 0. The van der Waals surface area contributed by atoms with Gasteiger partial charge in [0.05, 0.1) is 18.5 Å². The molecule has 2 aromatic heterocycles. The zero-order chi connectivity index (χ0) is 18.5. The highest BCUT2D eigenvalue weighted by Gasteiger charge is 2.22. The van der Waals surface area contributed by atoms with Crippen molar-refractivity contribution in [3.63, 3.8) is 0 Å². The van der Waals surface area contributed by atoms with Crippen molar-refractivity contribution in [2.24, 2.45) is 5.92 Å². The fraction of sp³-hybridized carbons (Fsp3) is 0.500. The molecule has 0 unspecified atom stereocenters. The summed E-state index contributed by atoms with van der Waals surface area (Å²) in [7, 11) is 0. The molecule has 1 aliphatic heterocycles. The molecule has 140 valence electrons. The summed E-state index contributed by atoms with van der Waals surface area (Å²) in [4.78, 5) is 20.6. The Kier molecular flexibility index (Phi) is 5.60. The van der Waals surface area contributed by atoms with Gasteiger partial charge in [-0.15, -0.1) is 0 Å². The lowest BCUT2D eigenvalue weighted by atomic mass is 10.2. The van der Waals surface area contributed by atoms with Gasteiger partial charge in [-0.2, -0.15) is 5.10 Å². The van der Waals surface area contributed by atoms with Gasteiger partial charge in [0.2, 0.25) is 5.88 Å². The normalized spacial score (nSPS) is 14.6. The molecule has 1 aliphatic rings. The number of carbonyl (C=O) groups excluding carboxylic acids is 1. The second-order valence-corrected chi connectivity index (χ2v) is 6.90. The van der Waals surface area contributed by atoms with Crippen LogP contribution in [0.5, 0.6) is 5.88 Å². The molecule has 2 N–H and O–H groups in total. The molecule has 2 amide bonds. The number of nitrogens with one attached hydrogen (secondary N) is 2. The average Bonchev–Trinajstić information content (AvgIpc) is 3.07. The highest BCUT2D eigenvalue weighted by atomic mass is 16.5. The number of rotatable bonds is 5. The molecule has 0 spiro atoms. The van der Waals surface area contributed by atoms with Crippen molar-refractivity contribution in [2.45, 2.75) is 20.8 Å². The summed E-state index contributed by atoms with van der Waals surface area (Å²) in [5.74, 6) is 1.95. The number of piperazine rings is 1. The van der Waals surface area contributed by atoms with Crippen molar-refractivity contribution in [2.75, 3.05) is 43.0 Å². The van der Waals surface area contributed by atoms with E-state index in [2.05, 4.69) is 39.2 Å². The summed E-state index contributed by atoms with van der Waals surface area (Å²) < 4.78 is 5.55. The number of H-pyrrole nitrogens is 1. The molecule has 0 aliphatic carbocycles. The van der Waals surface area contributed by atoms with Gasteiger partial charge in [0, 0.05) is 44.0 Å². The number of nitrogens with zero attached hydrogens (tertiary/aromatic N) is 4. The van der Waals surface area contributed by atoms with E-state index in [1.54, 1.807) is 17.2 Å². The molecule has 8 nitrogen and oxygen atoms in total. The fourth-order valence-corrected chi connectivity index (χ4v) is 2.70. The van der Waals surface area contributed by atoms with Gasteiger partial charge in [-0.25, -0.2) is 9.78 Å². The maximum Gasteiger partial charge on any atom is 0.322 e. The predicted octanol–water partition coefficient (Wildman–Crippen LogP) is 2.50. The Morgan fingerprint density at radius 2 is 2.08 bits per heavy atom. The number of urea groups is 1. The zero-order valence-electron chi connectivity index (χ0n) is 15.5. The maximum absolute atomic E-state index is 12.4. The van der Waals surface area contributed by atoms with Crippen LogP contribution in [0.2, 0.25) is 0 Å². The van der Waals surface area contributed by atoms with Crippen LogP contribution in [0.25, 0.3) is 0 Å². The molecule has 0 radical (unpaired) electrons. The molecule has 0 saturated carbocycles. The minimum Gasteiger partial charge on any atom is -0.477 e. The molecule has 1 saturated heterocycles. The van der Waals surface area contributed by atoms with E-state index >= 15 is 0 Å². The van der Waals surface area contributed by atoms with E-state index in [0.29, 0.717) is 37.2 Å². The van der Waals surface area contributed by atoms with E-state index in [0.717, 1.165) is 24.6 Å². The van der Waals surface area contributed by atoms with Crippen LogP contribution in [-0.2, 0) is 0 Å². The van der Waals surface area contributed by atoms with Crippen LogP contribution in [0.3, 0.4) is 0 Å². The van der Waals surface area contributed by atoms with Crippen LogP contribution in [0, 0.1) is 12.8 Å². The van der Waals surface area contributed by atoms with Crippen molar-refractivity contribution in [3.05, 3.63) is 30.1 Å². The number of ether oxygens (including phenoxy) is 1. The highest BCUT2D eigenvalue weighted by Crippen LogP contribution is 2.16. The van der Waals surface area contributed by atoms with Gasteiger partial charge in [0.15, 0.2) is 5.82 Å². The van der Waals surface area contributed by atoms with Crippen molar-refractivity contribution >= 4 is 17.5 Å². The van der Waals surface area contributed by atoms with E-state index < -0.39 is 0 Å². The maximum atomic E-state index is 12.4. The van der Waals surface area contributed by atoms with Crippen LogP contribution in [0.15, 0.2) is 24.4 Å². The number of hydrogen-bond acceptors (Lipinski definition) is 5. The predicted molar refractivity (Wildman–Crippen MR) is 101 cm³/mol. The van der Waals surface area contributed by atoms with Gasteiger partial charge in [-0.05, 0) is 18.9 Å². The molecule has 8 heteroatoms. The lowest BCUT2D eigenvalue weighted by Crippen LogP contribution is -2.50. The molecule has 2 aromatic rings. The lowest BCUT2D eigenvalue weighted by molar-refractivity contribution is 0.208. The van der Waals surface area contributed by atoms with Crippen LogP contribution in [0.1, 0.15) is 19.5 Å². The molecule has 0 bridgehead atoms. The molecule has 0 atom stereocenters. The van der Waals surface area contributed by atoms with Crippen LogP contribution < -0.4 is 15.0 Å². The molecule has 26 heavy (non-hydrogen) atoms. The summed E-state index contributed by atoms with van der Waals surface area (Å²) in [6.45, 7) is 9.60. The largest absolute Gasteiger partial charge is 0.477 e. The highest BCUT2D eigenvalue weighted by molar-refractivity contribution is 5.89. The number of carbonyl (C=O) groups is 1. The van der Waals surface area contributed by atoms with Crippen LogP contribution in [0.4, 0.5) is 16.3 Å². The second-order valence-electron chi connectivity index (χ2n) is 6.90. The number of pyridine rings is 1. The molecular formula is C18H26N6O2. The first-order valence-corrected chi connectivity index (χ1v) is 8.93. The Labute approximate surface area is 153 Å². The summed E-state index contributed by atoms with van der Waals surface area (Å²) in [6.07, 6.45) is 1.62. The third-order valence-corrected chi connectivity index (χ3v) is 4.14. The van der Waals surface area contributed by atoms with Crippen molar-refractivity contribution in [3.8, 4) is 5.88 Å². The molecular weight excluding hydrogens is 332 g/mol. The van der Waals surface area contributed by atoms with Gasteiger partial charge < -0.3 is 19.9 Å². The van der Waals surface area contributed by atoms with E-state index in [1.165, 1.54) is 0 Å². The fourth-order valence-electron chi connectivity index (χ4n) is 2.70. The summed E-state index contributed by atoms with van der Waals surface area (Å²) in [5.41, 5.74) is 1.70. The van der Waals surface area contributed by atoms with Gasteiger partial charge in [0.25, 0.3) is 0 Å². The molecule has 1 fully saturated rings. The van der Waals surface area contributed by atoms with Crippen LogP contribution >= 0.6 is 0 Å². The standard InChI is InChI=1S/C18H26N6O2/c1-13(2)12-26-17-5-4-15(11-19-17)20-18(25)24-8-6-23(7-9-24)16-10-14(3)21-22-16/h4-5,10-11,13H,6-9,12H2,1-3H3,(H,20,25)(H,21,22). The van der Waals surface area contributed by atoms with Crippen molar-refractivity contribution in [1.82, 2.24) is 20.1 Å². The number of aryl methyl sites for hydroxylation is 1. The number of aromatic nitrogens is 3. The first-order valence-electron chi connectivity index (χ1n) is 8.93. The third kappa shape index (κ3) is 4.65. The van der Waals surface area contributed by atoms with Gasteiger partial charge in [-0.1, -0.05) is 13.8 Å².